The number of hydrogen-bond donors (Lipinski definition) is 9. The number of primary amides is 1. The lowest BCUT2D eigenvalue weighted by atomic mass is 9.89. The molecule has 2 heterocycles. The van der Waals surface area contributed by atoms with Crippen molar-refractivity contribution in [2.24, 2.45) is 35.3 Å². The molecule has 1 fully saturated rings. The first kappa shape index (κ1) is 83.3. The van der Waals surface area contributed by atoms with E-state index >= 15 is 0 Å². The molecule has 552 valence electrons. The predicted molar refractivity (Wildman–Crippen MR) is 366 cm³/mol. The third kappa shape index (κ3) is 24.9. The number of benzene rings is 2. The second-order valence-corrected chi connectivity index (χ2v) is 27.8. The van der Waals surface area contributed by atoms with Crippen LogP contribution in [0.5, 0.6) is 0 Å². The Balaban J connectivity index is 1.46. The van der Waals surface area contributed by atoms with Crippen LogP contribution in [0.4, 0.5) is 15.3 Å². The molecule has 2 aliphatic rings. The number of likely N-dealkylation sites (N-methyl/N-ethyl adjacent to an activating group) is 2. The number of imide groups is 1. The standard InChI is InChI=1S/C68H105N11O19S/c1-15-42(8)59(51(95-13)36-55(83)78-31-20-24-50(78)61(96-14)43(9)62(85)71-44(10)60(84)45-21-17-16-18-22-45)76(11)66(89)57(40(4)5)75-65(88)58(41(6)7)77(12)68(91)98-37-46-25-26-48(35-47(46)38-99(92,93)94)72-63(86)49(23-19-30-70-67(69)90)73-64(87)56(39(2)3)74-52(80)29-33-97-34-32-79-53(81)27-28-54(79)82/h16-18,21-22,25-28,35,39-44,49-51,56-61,84H,15,19-20,23-24,29-34,36-38H2,1-14H3,(H,71,85)(H,72,86)(H,73,87)(H,74,80)(H,75,88)(H3,69,70,90)(H,92,93,94)/t42-,43+,44+,49-,50-,51+,56-,57-,58-,59-,60+,61+/m0/s1. The zero-order valence-corrected chi connectivity index (χ0v) is 60.3. The van der Waals surface area contributed by atoms with Gasteiger partial charge in [0.1, 0.15) is 36.5 Å². The Bertz CT molecular complexity index is 3230. The number of hydrogen-bond acceptors (Lipinski definition) is 18. The number of nitrogens with one attached hydrogen (secondary N) is 6. The van der Waals surface area contributed by atoms with Gasteiger partial charge in [-0.3, -0.25) is 57.5 Å². The number of ether oxygens (including phenoxy) is 4. The fourth-order valence-corrected chi connectivity index (χ4v) is 12.9. The highest BCUT2D eigenvalue weighted by atomic mass is 32.2. The Hall–Kier alpha value is -8.10. The van der Waals surface area contributed by atoms with Gasteiger partial charge in [0.15, 0.2) is 0 Å². The van der Waals surface area contributed by atoms with E-state index in [1.54, 1.807) is 91.6 Å². The number of likely N-dealkylation sites (tertiary alicyclic amines) is 1. The summed E-state index contributed by atoms with van der Waals surface area (Å²) in [5.41, 5.74) is 5.81. The van der Waals surface area contributed by atoms with E-state index in [1.165, 1.54) is 44.4 Å². The largest absolute Gasteiger partial charge is 0.445 e. The van der Waals surface area contributed by atoms with Gasteiger partial charge < -0.3 is 71.5 Å². The Morgan fingerprint density at radius 2 is 1.40 bits per heavy atom. The van der Waals surface area contributed by atoms with Gasteiger partial charge in [0, 0.05) is 65.7 Å². The average molecular weight is 1410 g/mol. The maximum Gasteiger partial charge on any atom is 0.410 e. The van der Waals surface area contributed by atoms with Gasteiger partial charge in [0.2, 0.25) is 41.4 Å². The Morgan fingerprint density at radius 1 is 0.758 bits per heavy atom. The molecule has 4 rings (SSSR count). The molecule has 2 aliphatic heterocycles. The van der Waals surface area contributed by atoms with Crippen molar-refractivity contribution < 1.29 is 89.8 Å². The summed E-state index contributed by atoms with van der Waals surface area (Å²) < 4.78 is 58.1. The summed E-state index contributed by atoms with van der Waals surface area (Å²) in [6, 6.07) is 5.35. The average Bonchev–Trinajstić information content (AvgIpc) is 1.78. The Morgan fingerprint density at radius 3 is 1.98 bits per heavy atom. The van der Waals surface area contributed by atoms with Crippen LogP contribution < -0.4 is 37.6 Å². The van der Waals surface area contributed by atoms with Crippen LogP contribution in [0, 0.1) is 29.6 Å². The lowest BCUT2D eigenvalue weighted by Crippen LogP contribution is -2.60. The molecular formula is C68H105N11O19S. The van der Waals surface area contributed by atoms with Crippen molar-refractivity contribution in [1.82, 2.24) is 46.2 Å². The van der Waals surface area contributed by atoms with Crippen molar-refractivity contribution in [3.05, 3.63) is 77.4 Å². The molecule has 10 N–H and O–H groups in total. The molecule has 0 aliphatic carbocycles. The summed E-state index contributed by atoms with van der Waals surface area (Å²) in [5, 5.41) is 27.1. The van der Waals surface area contributed by atoms with Gasteiger partial charge in [-0.25, -0.2) is 9.59 Å². The highest BCUT2D eigenvalue weighted by Gasteiger charge is 2.44. The van der Waals surface area contributed by atoms with E-state index < -0.39 is 160 Å². The zero-order chi connectivity index (χ0) is 74.2. The van der Waals surface area contributed by atoms with Gasteiger partial charge >= 0.3 is 12.1 Å². The first-order valence-corrected chi connectivity index (χ1v) is 35.2. The number of nitrogens with two attached hydrogens (primary N) is 1. The SMILES string of the molecule is CC[C@H](C)[C@@H]([C@@H](CC(=O)N1CCC[C@H]1[C@H](OC)[C@@H](C)C(=O)N[C@H](C)[C@@H](O)c1ccccc1)OC)N(C)C(=O)[C@@H](NC(=O)[C@H](C(C)C)N(C)C(=O)OCc1ccc(NC(=O)[C@H](CCCNC(N)=O)NC(=O)[C@@H](NC(=O)CCOCCN2C(=O)C=CC2=O)C(C)C)cc1CS(=O)(=O)O)C(C)C. The molecule has 0 spiro atoms. The van der Waals surface area contributed by atoms with Gasteiger partial charge in [-0.05, 0) is 85.1 Å². The molecular weight excluding hydrogens is 1310 g/mol. The molecule has 2 aromatic carbocycles. The molecule has 31 heteroatoms. The van der Waals surface area contributed by atoms with Crippen molar-refractivity contribution in [1.29, 1.82) is 0 Å². The Labute approximate surface area is 581 Å². The van der Waals surface area contributed by atoms with Crippen molar-refractivity contribution in [2.45, 2.75) is 187 Å². The van der Waals surface area contributed by atoms with Crippen LogP contribution in [0.2, 0.25) is 0 Å². The van der Waals surface area contributed by atoms with Gasteiger partial charge in [-0.1, -0.05) is 105 Å². The van der Waals surface area contributed by atoms with Crippen LogP contribution in [-0.4, -0.2) is 219 Å². The van der Waals surface area contributed by atoms with Crippen molar-refractivity contribution >= 4 is 81.1 Å². The molecule has 12 amide bonds. The number of rotatable bonds is 40. The number of amides is 12. The molecule has 0 aromatic heterocycles. The number of anilines is 1. The maximum atomic E-state index is 14.9. The molecule has 12 atom stereocenters. The van der Waals surface area contributed by atoms with Crippen LogP contribution in [0.3, 0.4) is 0 Å². The zero-order valence-electron chi connectivity index (χ0n) is 59.4. The highest BCUT2D eigenvalue weighted by molar-refractivity contribution is 7.85. The van der Waals surface area contributed by atoms with Crippen LogP contribution in [0.25, 0.3) is 0 Å². The first-order valence-electron chi connectivity index (χ1n) is 33.5. The number of aliphatic hydroxyl groups excluding tert-OH is 1. The quantitative estimate of drug-likeness (QED) is 0.0262. The van der Waals surface area contributed by atoms with E-state index in [1.807, 2.05) is 19.9 Å². The third-order valence-electron chi connectivity index (χ3n) is 17.9. The maximum absolute atomic E-state index is 14.9. The minimum Gasteiger partial charge on any atom is -0.445 e. The van der Waals surface area contributed by atoms with E-state index in [0.29, 0.717) is 31.4 Å². The molecule has 0 saturated carbocycles. The molecule has 1 saturated heterocycles. The fraction of sp³-hybridized carbons (Fsp3) is 0.632. The minimum absolute atomic E-state index is 0.00480. The summed E-state index contributed by atoms with van der Waals surface area (Å²) in [6.45, 7) is 17.1. The van der Waals surface area contributed by atoms with Gasteiger partial charge in [0.05, 0.1) is 68.5 Å². The highest BCUT2D eigenvalue weighted by Crippen LogP contribution is 2.31. The monoisotopic (exact) mass is 1410 g/mol. The number of carbonyl (C=O) groups excluding carboxylic acids is 11. The smallest absolute Gasteiger partial charge is 0.410 e. The molecule has 30 nitrogen and oxygen atoms in total. The number of aliphatic hydroxyl groups is 1. The fourth-order valence-electron chi connectivity index (χ4n) is 12.2. The van der Waals surface area contributed by atoms with Crippen molar-refractivity contribution in [3.8, 4) is 0 Å². The number of nitrogens with zero attached hydrogens (tertiary/aromatic N) is 4. The minimum atomic E-state index is -4.78. The Kier molecular flexibility index (Phi) is 33.4. The van der Waals surface area contributed by atoms with E-state index in [0.717, 1.165) is 22.0 Å². The van der Waals surface area contributed by atoms with Crippen molar-refractivity contribution in [2.75, 3.05) is 66.5 Å². The summed E-state index contributed by atoms with van der Waals surface area (Å²) >= 11 is 0. The molecule has 0 radical (unpaired) electrons. The predicted octanol–water partition coefficient (Wildman–Crippen LogP) is 3.31. The number of carbonyl (C=O) groups is 11. The van der Waals surface area contributed by atoms with Crippen LogP contribution in [-0.2, 0) is 84.6 Å². The van der Waals surface area contributed by atoms with E-state index in [9.17, 15) is 70.8 Å². The molecule has 0 unspecified atom stereocenters. The van der Waals surface area contributed by atoms with Gasteiger partial charge in [-0.2, -0.15) is 8.42 Å². The molecule has 0 bridgehead atoms. The van der Waals surface area contributed by atoms with E-state index in [4.69, 9.17) is 24.7 Å². The van der Waals surface area contributed by atoms with Crippen molar-refractivity contribution in [3.63, 3.8) is 0 Å². The molecule has 99 heavy (non-hydrogen) atoms. The topological polar surface area (TPSA) is 410 Å². The summed E-state index contributed by atoms with van der Waals surface area (Å²) in [7, 11) is 1.07. The summed E-state index contributed by atoms with van der Waals surface area (Å²) in [6.07, 6.45) is 0.220. The number of methoxy groups -OCH3 is 2. The molecule has 2 aromatic rings. The van der Waals surface area contributed by atoms with E-state index in [-0.39, 0.29) is 86.5 Å². The lowest BCUT2D eigenvalue weighted by Gasteiger charge is -2.41. The summed E-state index contributed by atoms with van der Waals surface area (Å²) in [4.78, 5) is 153. The number of urea groups is 1. The second-order valence-electron chi connectivity index (χ2n) is 26.3. The van der Waals surface area contributed by atoms with Crippen LogP contribution in [0.1, 0.15) is 137 Å². The van der Waals surface area contributed by atoms with Crippen LogP contribution in [0.15, 0.2) is 60.7 Å². The third-order valence-corrected chi connectivity index (χ3v) is 18.6. The van der Waals surface area contributed by atoms with Gasteiger partial charge in [0.25, 0.3) is 21.9 Å². The normalized spacial score (nSPS) is 17.3. The van der Waals surface area contributed by atoms with E-state index in [2.05, 4.69) is 31.9 Å². The lowest BCUT2D eigenvalue weighted by molar-refractivity contribution is -0.148. The summed E-state index contributed by atoms with van der Waals surface area (Å²) in [5.74, 6) is -8.50. The van der Waals surface area contributed by atoms with Gasteiger partial charge in [-0.15, -0.1) is 0 Å². The van der Waals surface area contributed by atoms with Crippen LogP contribution >= 0.6 is 0 Å². The first-order chi connectivity index (χ1) is 46.6. The second kappa shape index (κ2) is 39.6.